The minimum atomic E-state index is 0. The van der Waals surface area contributed by atoms with Gasteiger partial charge in [0.15, 0.2) is 0 Å². The van der Waals surface area contributed by atoms with Crippen LogP contribution in [0.2, 0.25) is 0 Å². The molecule has 35 heavy (non-hydrogen) atoms. The fourth-order valence-electron chi connectivity index (χ4n) is 3.17. The Morgan fingerprint density at radius 1 is 0.657 bits per heavy atom. The van der Waals surface area contributed by atoms with Crippen LogP contribution in [0.25, 0.3) is 0 Å². The van der Waals surface area contributed by atoms with Crippen molar-refractivity contribution < 1.29 is 17.1 Å². The predicted octanol–water partition coefficient (Wildman–Crippen LogP) is 4.32. The normalized spacial score (nSPS) is 12.7. The molecule has 0 spiro atoms. The van der Waals surface area contributed by atoms with Crippen molar-refractivity contribution in [3.63, 3.8) is 0 Å². The van der Waals surface area contributed by atoms with Gasteiger partial charge in [0.25, 0.3) is 0 Å². The van der Waals surface area contributed by atoms with E-state index < -0.39 is 0 Å². The van der Waals surface area contributed by atoms with Gasteiger partial charge in [-0.25, -0.2) is 0 Å². The minimum absolute atomic E-state index is 0. The summed E-state index contributed by atoms with van der Waals surface area (Å²) in [4.78, 5) is 3.94. The van der Waals surface area contributed by atoms with Gasteiger partial charge in [0.1, 0.15) is 11.4 Å². The fourth-order valence-corrected chi connectivity index (χ4v) is 3.77. The zero-order valence-electron chi connectivity index (χ0n) is 20.8. The molecule has 1 N–H and O–H groups in total. The number of benzene rings is 2. The van der Waals surface area contributed by atoms with E-state index in [4.69, 9.17) is 25.3 Å². The zero-order valence-corrected chi connectivity index (χ0v) is 23.4. The maximum atomic E-state index is 5.51. The summed E-state index contributed by atoms with van der Waals surface area (Å²) in [5, 5.41) is 22.0. The molecule has 10 heteroatoms. The van der Waals surface area contributed by atoms with Crippen molar-refractivity contribution in [3.05, 3.63) is 65.7 Å². The Bertz CT molecular complexity index is 1010. The third-order valence-electron chi connectivity index (χ3n) is 5.26. The number of nitrogens with one attached hydrogen (secondary N) is 1. The fraction of sp³-hybridized carbons (Fsp3) is 0.360. The third kappa shape index (κ3) is 8.89. The quantitative estimate of drug-likeness (QED) is 0.155. The summed E-state index contributed by atoms with van der Waals surface area (Å²) in [7, 11) is 1.88. The van der Waals surface area contributed by atoms with Crippen LogP contribution in [-0.4, -0.2) is 64.8 Å². The first kappa shape index (κ1) is 30.5. The molecule has 0 atom stereocenters. The van der Waals surface area contributed by atoms with Gasteiger partial charge in [-0.3, -0.25) is 0 Å². The molecule has 0 bridgehead atoms. The molecule has 7 nitrogen and oxygen atoms in total. The first-order chi connectivity index (χ1) is 16.5. The van der Waals surface area contributed by atoms with Crippen molar-refractivity contribution in [2.75, 3.05) is 38.5 Å². The van der Waals surface area contributed by atoms with Crippen molar-refractivity contribution in [1.82, 2.24) is 9.80 Å². The van der Waals surface area contributed by atoms with Crippen LogP contribution >= 0.6 is 0 Å². The van der Waals surface area contributed by atoms with Crippen LogP contribution in [-0.2, 0) is 42.3 Å². The number of anilines is 1. The van der Waals surface area contributed by atoms with Crippen LogP contribution in [0.3, 0.4) is 0 Å². The molecule has 0 fully saturated rings. The average molecular weight is 559 g/mol. The molecule has 0 unspecified atom stereocenters. The summed E-state index contributed by atoms with van der Waals surface area (Å²) in [6.45, 7) is 11.2. The van der Waals surface area contributed by atoms with Crippen molar-refractivity contribution in [2.45, 2.75) is 27.7 Å². The van der Waals surface area contributed by atoms with Crippen LogP contribution in [0.1, 0.15) is 38.8 Å². The van der Waals surface area contributed by atoms with E-state index in [-0.39, 0.29) is 17.1 Å². The van der Waals surface area contributed by atoms with Gasteiger partial charge in [0.2, 0.25) is 0 Å². The van der Waals surface area contributed by atoms with E-state index in [9.17, 15) is 0 Å². The van der Waals surface area contributed by atoms with E-state index in [0.29, 0.717) is 21.8 Å². The van der Waals surface area contributed by atoms with Gasteiger partial charge < -0.3 is 40.4 Å². The SMILES string of the molecule is CCN(CC)/C([S-])=N/N=C(/C(=N/N=C(\[S-])N(CC)CC)c1ccc(NC)cc1)c1ccccc1.[Cu+2]. The summed E-state index contributed by atoms with van der Waals surface area (Å²) in [5.74, 6) is 0. The molecule has 191 valence electrons. The van der Waals surface area contributed by atoms with Gasteiger partial charge in [-0.2, -0.15) is 10.2 Å². The smallest absolute Gasteiger partial charge is 0.741 e. The molecular formula is C25H33CuN7S2. The van der Waals surface area contributed by atoms with E-state index in [2.05, 4.69) is 25.7 Å². The molecule has 0 amide bonds. The maximum absolute atomic E-state index is 5.51. The summed E-state index contributed by atoms with van der Waals surface area (Å²) in [6.07, 6.45) is 0. The van der Waals surface area contributed by atoms with Crippen molar-refractivity contribution in [1.29, 1.82) is 0 Å². The largest absolute Gasteiger partial charge is 2.00 e. The van der Waals surface area contributed by atoms with Crippen LogP contribution in [0.15, 0.2) is 75.0 Å². The van der Waals surface area contributed by atoms with Crippen LogP contribution < -0.4 is 5.32 Å². The molecule has 0 aliphatic carbocycles. The van der Waals surface area contributed by atoms with Gasteiger partial charge >= 0.3 is 17.1 Å². The number of hydrogen-bond acceptors (Lipinski definition) is 7. The number of amidine groups is 2. The molecule has 0 aromatic heterocycles. The van der Waals surface area contributed by atoms with Crippen molar-refractivity contribution >= 4 is 52.7 Å². The topological polar surface area (TPSA) is 68.0 Å². The number of hydrogen-bond donors (Lipinski definition) is 1. The standard InChI is InChI=1S/C25H35N7S2.Cu/c1-6-31(7-2)24(33)29-27-22(19-13-11-10-12-14-19)23(20-15-17-21(26-5)18-16-20)28-30-25(34)32(8-3)9-4;/h10-18,26H,6-9H2,1-5H3,(H,29,33)(H,30,34);/q;+2/p-2/b27-22+,28-23+;. The molecule has 2 rings (SSSR count). The summed E-state index contributed by atoms with van der Waals surface area (Å²) in [6, 6.07) is 17.7. The van der Waals surface area contributed by atoms with Gasteiger partial charge in [-0.05, 0) is 39.8 Å². The van der Waals surface area contributed by atoms with E-state index in [1.807, 2.05) is 99.1 Å². The molecule has 0 aliphatic heterocycles. The Morgan fingerprint density at radius 2 is 1.06 bits per heavy atom. The summed E-state index contributed by atoms with van der Waals surface area (Å²) >= 11 is 11.0. The van der Waals surface area contributed by atoms with Crippen molar-refractivity contribution in [3.8, 4) is 0 Å². The second kappa shape index (κ2) is 16.2. The first-order valence-electron chi connectivity index (χ1n) is 11.5. The number of nitrogens with zero attached hydrogens (tertiary/aromatic N) is 6. The zero-order chi connectivity index (χ0) is 24.9. The molecule has 1 radical (unpaired) electrons. The van der Waals surface area contributed by atoms with Crippen LogP contribution in [0, 0.1) is 0 Å². The molecule has 2 aromatic carbocycles. The van der Waals surface area contributed by atoms with Crippen LogP contribution in [0.5, 0.6) is 0 Å². The molecule has 2 aromatic rings. The number of rotatable bonds is 10. The van der Waals surface area contributed by atoms with Gasteiger partial charge in [-0.15, -0.1) is 10.2 Å². The second-order valence-electron chi connectivity index (χ2n) is 7.20. The Labute approximate surface area is 231 Å². The molecular weight excluding hydrogens is 526 g/mol. The first-order valence-corrected chi connectivity index (χ1v) is 12.3. The van der Waals surface area contributed by atoms with E-state index in [1.54, 1.807) is 0 Å². The molecule has 0 aliphatic rings. The predicted molar refractivity (Wildman–Crippen MR) is 151 cm³/mol. The minimum Gasteiger partial charge on any atom is -0.741 e. The average Bonchev–Trinajstić information content (AvgIpc) is 2.88. The molecule has 0 heterocycles. The Kier molecular flexibility index (Phi) is 14.1. The van der Waals surface area contributed by atoms with E-state index >= 15 is 0 Å². The Hall–Kier alpha value is -2.52. The second-order valence-corrected chi connectivity index (χ2v) is 7.93. The van der Waals surface area contributed by atoms with Gasteiger partial charge in [0, 0.05) is 60.4 Å². The van der Waals surface area contributed by atoms with Gasteiger partial charge in [-0.1, -0.05) is 42.5 Å². The summed E-state index contributed by atoms with van der Waals surface area (Å²) < 4.78 is 0. The Balaban J connectivity index is 0.00000612. The van der Waals surface area contributed by atoms with E-state index in [1.165, 1.54) is 0 Å². The molecule has 0 saturated carbocycles. The molecule has 0 saturated heterocycles. The monoisotopic (exact) mass is 558 g/mol. The van der Waals surface area contributed by atoms with Gasteiger partial charge in [0.05, 0.1) is 0 Å². The summed E-state index contributed by atoms with van der Waals surface area (Å²) in [5.41, 5.74) is 3.82. The Morgan fingerprint density at radius 3 is 1.43 bits per heavy atom. The van der Waals surface area contributed by atoms with E-state index in [0.717, 1.165) is 43.0 Å². The maximum Gasteiger partial charge on any atom is 2.00 e. The third-order valence-corrected chi connectivity index (χ3v) is 5.94. The van der Waals surface area contributed by atoms with Crippen LogP contribution in [0.4, 0.5) is 5.69 Å². The van der Waals surface area contributed by atoms with Crippen molar-refractivity contribution in [2.24, 2.45) is 20.4 Å².